The largest absolute Gasteiger partial charge is 0.444 e. The van der Waals surface area contributed by atoms with Gasteiger partial charge in [-0.2, -0.15) is 9.78 Å². The van der Waals surface area contributed by atoms with E-state index in [4.69, 9.17) is 4.74 Å². The monoisotopic (exact) mass is 433 g/mol. The van der Waals surface area contributed by atoms with Crippen LogP contribution in [0.15, 0.2) is 49.0 Å². The van der Waals surface area contributed by atoms with E-state index in [1.54, 1.807) is 0 Å². The van der Waals surface area contributed by atoms with Gasteiger partial charge in [-0.25, -0.2) is 4.79 Å². The maximum atomic E-state index is 12.2. The number of carbonyl (C=O) groups is 2. The highest BCUT2D eigenvalue weighted by Gasteiger charge is 2.26. The summed E-state index contributed by atoms with van der Waals surface area (Å²) >= 11 is 0. The maximum absolute atomic E-state index is 12.2. The molecule has 0 bridgehead atoms. The molecule has 0 fully saturated rings. The summed E-state index contributed by atoms with van der Waals surface area (Å²) in [4.78, 5) is 24.2. The first-order chi connectivity index (χ1) is 14.8. The molecule has 2 aromatic carbocycles. The Morgan fingerprint density at radius 2 is 1.56 bits per heavy atom. The predicted octanol–water partition coefficient (Wildman–Crippen LogP) is 6.16. The van der Waals surface area contributed by atoms with Crippen LogP contribution in [-0.2, 0) is 10.3 Å². The smallest absolute Gasteiger partial charge is 0.408 e. The van der Waals surface area contributed by atoms with Crippen molar-refractivity contribution in [1.82, 2.24) is 15.1 Å². The maximum Gasteiger partial charge on any atom is 0.408 e. The fourth-order valence-electron chi connectivity index (χ4n) is 3.56. The molecular formula is C26H31N3O3. The number of hydrogen-bond donors (Lipinski definition) is 1. The molecule has 1 N–H and O–H groups in total. The number of hydrogen-bond acceptors (Lipinski definition) is 4. The van der Waals surface area contributed by atoms with Crippen LogP contribution in [0.2, 0.25) is 0 Å². The van der Waals surface area contributed by atoms with Crippen molar-refractivity contribution in [3.63, 3.8) is 0 Å². The highest BCUT2D eigenvalue weighted by atomic mass is 16.6. The third-order valence-electron chi connectivity index (χ3n) is 5.14. The number of alkyl carbamates (subject to hydrolysis) is 1. The summed E-state index contributed by atoms with van der Waals surface area (Å²) in [5.74, 6) is -0.140. The molecule has 0 aliphatic carbocycles. The lowest BCUT2D eigenvalue weighted by atomic mass is 9.92. The van der Waals surface area contributed by atoms with Crippen molar-refractivity contribution in [3.8, 4) is 11.1 Å². The van der Waals surface area contributed by atoms with E-state index in [0.717, 1.165) is 38.9 Å². The molecule has 0 spiro atoms. The third kappa shape index (κ3) is 4.90. The van der Waals surface area contributed by atoms with Gasteiger partial charge in [0, 0.05) is 12.3 Å². The Morgan fingerprint density at radius 3 is 2.09 bits per heavy atom. The number of fused-ring (bicyclic) bond motifs is 1. The SMILES string of the molecule is C=C(C)c1nn(C(C)=O)c2ccc(-c3ccc(C(C)(C)NC(=O)OC(C)(C)C)cc3)cc12. The molecule has 6 heteroatoms. The van der Waals surface area contributed by atoms with Crippen LogP contribution < -0.4 is 5.32 Å². The fourth-order valence-corrected chi connectivity index (χ4v) is 3.56. The molecule has 0 saturated heterocycles. The molecule has 0 saturated carbocycles. The number of ether oxygens (including phenoxy) is 1. The molecule has 32 heavy (non-hydrogen) atoms. The van der Waals surface area contributed by atoms with Crippen molar-refractivity contribution in [3.05, 3.63) is 60.3 Å². The summed E-state index contributed by atoms with van der Waals surface area (Å²) in [6.07, 6.45) is -0.452. The van der Waals surface area contributed by atoms with E-state index in [2.05, 4.69) is 17.0 Å². The lowest BCUT2D eigenvalue weighted by Gasteiger charge is -2.29. The van der Waals surface area contributed by atoms with Crippen molar-refractivity contribution in [2.45, 2.75) is 59.6 Å². The van der Waals surface area contributed by atoms with Gasteiger partial charge in [-0.1, -0.05) is 36.9 Å². The highest BCUT2D eigenvalue weighted by Crippen LogP contribution is 2.31. The van der Waals surface area contributed by atoms with Crippen LogP contribution in [-0.4, -0.2) is 27.4 Å². The van der Waals surface area contributed by atoms with Gasteiger partial charge in [-0.05, 0) is 75.9 Å². The number of benzene rings is 2. The molecular weight excluding hydrogens is 402 g/mol. The van der Waals surface area contributed by atoms with E-state index in [9.17, 15) is 9.59 Å². The summed E-state index contributed by atoms with van der Waals surface area (Å²) in [7, 11) is 0. The number of rotatable bonds is 4. The van der Waals surface area contributed by atoms with Crippen LogP contribution in [0.3, 0.4) is 0 Å². The molecule has 0 aliphatic heterocycles. The lowest BCUT2D eigenvalue weighted by Crippen LogP contribution is -2.43. The van der Waals surface area contributed by atoms with Crippen molar-refractivity contribution in [1.29, 1.82) is 0 Å². The van der Waals surface area contributed by atoms with E-state index >= 15 is 0 Å². The Bertz CT molecular complexity index is 1200. The number of amides is 1. The summed E-state index contributed by atoms with van der Waals surface area (Å²) in [6.45, 7) is 16.8. The van der Waals surface area contributed by atoms with Gasteiger partial charge < -0.3 is 10.1 Å². The van der Waals surface area contributed by atoms with E-state index in [-0.39, 0.29) is 5.91 Å². The molecule has 0 radical (unpaired) electrons. The zero-order valence-electron chi connectivity index (χ0n) is 19.9. The second-order valence-electron chi connectivity index (χ2n) is 9.62. The molecule has 0 unspecified atom stereocenters. The first-order valence-electron chi connectivity index (χ1n) is 10.6. The molecule has 3 rings (SSSR count). The van der Waals surface area contributed by atoms with Crippen molar-refractivity contribution in [2.24, 2.45) is 0 Å². The zero-order chi connectivity index (χ0) is 23.8. The third-order valence-corrected chi connectivity index (χ3v) is 5.14. The second-order valence-corrected chi connectivity index (χ2v) is 9.62. The van der Waals surface area contributed by atoms with Gasteiger partial charge in [0.25, 0.3) is 0 Å². The average molecular weight is 434 g/mol. The Kier molecular flexibility index (Phi) is 6.00. The predicted molar refractivity (Wildman–Crippen MR) is 129 cm³/mol. The van der Waals surface area contributed by atoms with Crippen LogP contribution >= 0.6 is 0 Å². The van der Waals surface area contributed by atoms with Gasteiger partial charge in [0.1, 0.15) is 5.60 Å². The average Bonchev–Trinajstić information content (AvgIpc) is 3.05. The Morgan fingerprint density at radius 1 is 0.969 bits per heavy atom. The van der Waals surface area contributed by atoms with Gasteiger partial charge in [0.15, 0.2) is 0 Å². The topological polar surface area (TPSA) is 73.2 Å². The standard InChI is InChI=1S/C26H31N3O3/c1-16(2)23-21-15-19(11-14-22(21)29(28-23)17(3)30)18-9-12-20(13-10-18)26(7,8)27-24(31)32-25(4,5)6/h9-15H,1H2,2-8H3,(H,27,31). The first kappa shape index (κ1) is 23.3. The van der Waals surface area contributed by atoms with E-state index in [1.807, 2.05) is 84.0 Å². The molecule has 1 heterocycles. The number of aromatic nitrogens is 2. The fraction of sp³-hybridized carbons (Fsp3) is 0.346. The van der Waals surface area contributed by atoms with Gasteiger partial charge >= 0.3 is 6.09 Å². The summed E-state index contributed by atoms with van der Waals surface area (Å²) in [6, 6.07) is 13.9. The number of nitrogens with one attached hydrogen (secondary N) is 1. The minimum atomic E-state index is -0.597. The first-order valence-corrected chi connectivity index (χ1v) is 10.6. The second kappa shape index (κ2) is 8.26. The number of carbonyl (C=O) groups excluding carboxylic acids is 2. The quantitative estimate of drug-likeness (QED) is 0.535. The van der Waals surface area contributed by atoms with E-state index in [1.165, 1.54) is 11.6 Å². The summed E-state index contributed by atoms with van der Waals surface area (Å²) in [5, 5.41) is 8.26. The van der Waals surface area contributed by atoms with Crippen molar-refractivity contribution in [2.75, 3.05) is 0 Å². The van der Waals surface area contributed by atoms with Crippen LogP contribution in [0.25, 0.3) is 27.6 Å². The molecule has 0 aliphatic rings. The molecule has 0 atom stereocenters. The Labute approximate surface area is 189 Å². The number of allylic oxidation sites excluding steroid dienone is 1. The van der Waals surface area contributed by atoms with E-state index < -0.39 is 17.2 Å². The molecule has 168 valence electrons. The van der Waals surface area contributed by atoms with Gasteiger partial charge in [-0.3, -0.25) is 4.79 Å². The van der Waals surface area contributed by atoms with Crippen LogP contribution in [0.5, 0.6) is 0 Å². The van der Waals surface area contributed by atoms with Crippen molar-refractivity contribution >= 4 is 28.5 Å². The van der Waals surface area contributed by atoms with Crippen LogP contribution in [0.1, 0.15) is 64.5 Å². The lowest BCUT2D eigenvalue weighted by molar-refractivity contribution is 0.0470. The molecule has 3 aromatic rings. The summed E-state index contributed by atoms with van der Waals surface area (Å²) < 4.78 is 6.80. The Balaban J connectivity index is 1.91. The molecule has 1 amide bonds. The molecule has 1 aromatic heterocycles. The van der Waals surface area contributed by atoms with Crippen LogP contribution in [0, 0.1) is 0 Å². The van der Waals surface area contributed by atoms with Crippen LogP contribution in [0.4, 0.5) is 4.79 Å². The minimum absolute atomic E-state index is 0.140. The van der Waals surface area contributed by atoms with Gasteiger partial charge in [0.2, 0.25) is 5.91 Å². The van der Waals surface area contributed by atoms with Crippen molar-refractivity contribution < 1.29 is 14.3 Å². The minimum Gasteiger partial charge on any atom is -0.444 e. The van der Waals surface area contributed by atoms with E-state index in [0.29, 0.717) is 0 Å². The highest BCUT2D eigenvalue weighted by molar-refractivity contribution is 5.98. The normalized spacial score (nSPS) is 12.0. The summed E-state index contributed by atoms with van der Waals surface area (Å²) in [5.41, 5.74) is 4.12. The zero-order valence-corrected chi connectivity index (χ0v) is 19.9. The van der Waals surface area contributed by atoms with Gasteiger partial charge in [0.05, 0.1) is 16.7 Å². The van der Waals surface area contributed by atoms with Gasteiger partial charge in [-0.15, -0.1) is 0 Å². The number of nitrogens with zero attached hydrogens (tertiary/aromatic N) is 2. The molecule has 6 nitrogen and oxygen atoms in total. The Hall–Kier alpha value is -3.41.